The van der Waals surface area contributed by atoms with E-state index < -0.39 is 0 Å². The average molecular weight is 300 g/mol. The largest absolute Gasteiger partial charge is 0.309 e. The van der Waals surface area contributed by atoms with Gasteiger partial charge in [-0.15, -0.1) is 0 Å². The number of nitrogens with one attached hydrogen (secondary N) is 1. The molecule has 3 rings (SSSR count). The minimum atomic E-state index is 0.659. The number of nitrogens with zero attached hydrogens (tertiary/aromatic N) is 1. The van der Waals surface area contributed by atoms with Crippen molar-refractivity contribution in [3.63, 3.8) is 0 Å². The number of rotatable bonds is 7. The van der Waals surface area contributed by atoms with E-state index in [9.17, 15) is 0 Å². The average Bonchev–Trinajstić information content (AvgIpc) is 3.39. The highest BCUT2D eigenvalue weighted by atomic mass is 15.2. The maximum absolute atomic E-state index is 3.83. The summed E-state index contributed by atoms with van der Waals surface area (Å²) in [6.45, 7) is 8.33. The number of likely N-dealkylation sites (tertiary alicyclic amines) is 1. The first-order valence-corrected chi connectivity index (χ1v) is 9.31. The summed E-state index contributed by atoms with van der Waals surface area (Å²) in [6.07, 6.45) is 6.93. The molecule has 1 saturated carbocycles. The van der Waals surface area contributed by atoms with Crippen LogP contribution in [0.2, 0.25) is 0 Å². The monoisotopic (exact) mass is 300 g/mol. The Morgan fingerprint density at radius 1 is 1.14 bits per heavy atom. The van der Waals surface area contributed by atoms with E-state index in [2.05, 4.69) is 54.4 Å². The number of piperidine rings is 1. The molecule has 1 aromatic rings. The lowest BCUT2D eigenvalue weighted by atomic mass is 9.90. The van der Waals surface area contributed by atoms with Crippen LogP contribution in [0.4, 0.5) is 0 Å². The third-order valence-corrected chi connectivity index (χ3v) is 5.63. The SMILES string of the molecule is CCC1CC(NCc2ccccc2)CN(C(CC)C2CC2)C1. The van der Waals surface area contributed by atoms with Crippen molar-refractivity contribution < 1.29 is 0 Å². The van der Waals surface area contributed by atoms with Gasteiger partial charge in [0.25, 0.3) is 0 Å². The Kier molecular flexibility index (Phi) is 5.54. The van der Waals surface area contributed by atoms with Crippen molar-refractivity contribution in [2.75, 3.05) is 13.1 Å². The molecule has 1 aromatic carbocycles. The second-order valence-electron chi connectivity index (χ2n) is 7.34. The molecule has 3 atom stereocenters. The lowest BCUT2D eigenvalue weighted by molar-refractivity contribution is 0.0820. The van der Waals surface area contributed by atoms with Crippen molar-refractivity contribution in [2.24, 2.45) is 11.8 Å². The van der Waals surface area contributed by atoms with Gasteiger partial charge in [0.2, 0.25) is 0 Å². The fourth-order valence-corrected chi connectivity index (χ4v) is 4.18. The van der Waals surface area contributed by atoms with Gasteiger partial charge in [0.1, 0.15) is 0 Å². The molecule has 1 heterocycles. The molecule has 1 N–H and O–H groups in total. The zero-order valence-corrected chi connectivity index (χ0v) is 14.3. The fourth-order valence-electron chi connectivity index (χ4n) is 4.18. The predicted octanol–water partition coefficient (Wildman–Crippen LogP) is 4.07. The molecule has 2 aliphatic rings. The summed E-state index contributed by atoms with van der Waals surface area (Å²) in [5, 5.41) is 3.83. The van der Waals surface area contributed by atoms with Gasteiger partial charge in [-0.05, 0) is 43.1 Å². The molecule has 122 valence electrons. The Hall–Kier alpha value is -0.860. The van der Waals surface area contributed by atoms with E-state index in [1.807, 2.05) is 0 Å². The highest BCUT2D eigenvalue weighted by molar-refractivity contribution is 5.14. The highest BCUT2D eigenvalue weighted by Gasteiger charge is 2.37. The van der Waals surface area contributed by atoms with Crippen LogP contribution < -0.4 is 5.32 Å². The van der Waals surface area contributed by atoms with E-state index in [0.717, 1.165) is 24.4 Å². The topological polar surface area (TPSA) is 15.3 Å². The minimum Gasteiger partial charge on any atom is -0.309 e. The van der Waals surface area contributed by atoms with Crippen LogP contribution in [0.3, 0.4) is 0 Å². The zero-order valence-electron chi connectivity index (χ0n) is 14.3. The molecule has 1 aliphatic carbocycles. The van der Waals surface area contributed by atoms with Crippen LogP contribution in [0.1, 0.15) is 51.5 Å². The normalized spacial score (nSPS) is 27.7. The Balaban J connectivity index is 1.58. The van der Waals surface area contributed by atoms with Crippen molar-refractivity contribution in [3.8, 4) is 0 Å². The molecule has 2 nitrogen and oxygen atoms in total. The Bertz CT molecular complexity index is 440. The van der Waals surface area contributed by atoms with Crippen LogP contribution in [0.25, 0.3) is 0 Å². The molecule has 0 radical (unpaired) electrons. The Morgan fingerprint density at radius 2 is 1.91 bits per heavy atom. The van der Waals surface area contributed by atoms with Crippen LogP contribution in [-0.4, -0.2) is 30.1 Å². The summed E-state index contributed by atoms with van der Waals surface area (Å²) < 4.78 is 0. The van der Waals surface area contributed by atoms with Crippen molar-refractivity contribution in [3.05, 3.63) is 35.9 Å². The maximum Gasteiger partial charge on any atom is 0.0208 e. The lowest BCUT2D eigenvalue weighted by Crippen LogP contribution is -2.52. The van der Waals surface area contributed by atoms with Crippen molar-refractivity contribution in [1.29, 1.82) is 0 Å². The fraction of sp³-hybridized carbons (Fsp3) is 0.700. The lowest BCUT2D eigenvalue weighted by Gasteiger charge is -2.42. The summed E-state index contributed by atoms with van der Waals surface area (Å²) in [5.74, 6) is 1.87. The van der Waals surface area contributed by atoms with Gasteiger partial charge in [0.05, 0.1) is 0 Å². The highest BCUT2D eigenvalue weighted by Crippen LogP contribution is 2.38. The number of benzene rings is 1. The van der Waals surface area contributed by atoms with Crippen LogP contribution in [0.5, 0.6) is 0 Å². The molecule has 0 amide bonds. The molecule has 0 spiro atoms. The molecular formula is C20H32N2. The molecular weight excluding hydrogens is 268 g/mol. The van der Waals surface area contributed by atoms with Crippen LogP contribution in [-0.2, 0) is 6.54 Å². The van der Waals surface area contributed by atoms with Crippen molar-refractivity contribution in [1.82, 2.24) is 10.2 Å². The van der Waals surface area contributed by atoms with Crippen LogP contribution in [0, 0.1) is 11.8 Å². The smallest absolute Gasteiger partial charge is 0.0208 e. The molecule has 3 unspecified atom stereocenters. The first-order chi connectivity index (χ1) is 10.8. The molecule has 22 heavy (non-hydrogen) atoms. The summed E-state index contributed by atoms with van der Waals surface area (Å²) in [6, 6.07) is 12.3. The third-order valence-electron chi connectivity index (χ3n) is 5.63. The Morgan fingerprint density at radius 3 is 2.55 bits per heavy atom. The van der Waals surface area contributed by atoms with Crippen LogP contribution >= 0.6 is 0 Å². The van der Waals surface area contributed by atoms with E-state index >= 15 is 0 Å². The van der Waals surface area contributed by atoms with E-state index in [4.69, 9.17) is 0 Å². The second kappa shape index (κ2) is 7.61. The summed E-state index contributed by atoms with van der Waals surface area (Å²) >= 11 is 0. The first kappa shape index (κ1) is 16.0. The molecule has 1 aliphatic heterocycles. The van der Waals surface area contributed by atoms with Crippen molar-refractivity contribution >= 4 is 0 Å². The predicted molar refractivity (Wildman–Crippen MR) is 93.8 cm³/mol. The van der Waals surface area contributed by atoms with Gasteiger partial charge in [-0.25, -0.2) is 0 Å². The molecule has 2 fully saturated rings. The number of hydrogen-bond donors (Lipinski definition) is 1. The Labute approximate surface area is 136 Å². The summed E-state index contributed by atoms with van der Waals surface area (Å²) in [4.78, 5) is 2.82. The quantitative estimate of drug-likeness (QED) is 0.817. The molecule has 2 heteroatoms. The maximum atomic E-state index is 3.83. The van der Waals surface area contributed by atoms with Gasteiger partial charge >= 0.3 is 0 Å². The first-order valence-electron chi connectivity index (χ1n) is 9.31. The standard InChI is InChI=1S/C20H32N2/c1-3-16-12-19(21-13-17-8-6-5-7-9-17)15-22(14-16)20(4-2)18-10-11-18/h5-9,16,18-21H,3-4,10-15H2,1-2H3. The van der Waals surface area contributed by atoms with Gasteiger partial charge in [-0.1, -0.05) is 50.6 Å². The minimum absolute atomic E-state index is 0.659. The van der Waals surface area contributed by atoms with E-state index in [1.165, 1.54) is 50.8 Å². The van der Waals surface area contributed by atoms with Crippen LogP contribution in [0.15, 0.2) is 30.3 Å². The van der Waals surface area contributed by atoms with Gasteiger partial charge in [0, 0.05) is 31.7 Å². The number of hydrogen-bond acceptors (Lipinski definition) is 2. The van der Waals surface area contributed by atoms with Gasteiger partial charge in [0.15, 0.2) is 0 Å². The third kappa shape index (κ3) is 4.11. The summed E-state index contributed by atoms with van der Waals surface area (Å²) in [5.41, 5.74) is 1.40. The summed E-state index contributed by atoms with van der Waals surface area (Å²) in [7, 11) is 0. The molecule has 0 aromatic heterocycles. The van der Waals surface area contributed by atoms with E-state index in [-0.39, 0.29) is 0 Å². The van der Waals surface area contributed by atoms with Crippen molar-refractivity contribution in [2.45, 2.75) is 64.6 Å². The van der Waals surface area contributed by atoms with Gasteiger partial charge in [-0.3, -0.25) is 4.90 Å². The van der Waals surface area contributed by atoms with E-state index in [0.29, 0.717) is 6.04 Å². The van der Waals surface area contributed by atoms with Gasteiger partial charge < -0.3 is 5.32 Å². The second-order valence-corrected chi connectivity index (χ2v) is 7.34. The van der Waals surface area contributed by atoms with Gasteiger partial charge in [-0.2, -0.15) is 0 Å². The molecule has 1 saturated heterocycles. The van der Waals surface area contributed by atoms with E-state index in [1.54, 1.807) is 0 Å². The molecule has 0 bridgehead atoms. The zero-order chi connectivity index (χ0) is 15.4.